The van der Waals surface area contributed by atoms with Crippen LogP contribution in [0, 0.1) is 19.8 Å². The van der Waals surface area contributed by atoms with E-state index in [9.17, 15) is 22.8 Å². The number of aromatic amines is 1. The average molecular weight is 548 g/mol. The summed E-state index contributed by atoms with van der Waals surface area (Å²) in [5.74, 6) is -1.16. The summed E-state index contributed by atoms with van der Waals surface area (Å²) < 4.78 is 50.5. The summed E-state index contributed by atoms with van der Waals surface area (Å²) in [7, 11) is 0. The van der Waals surface area contributed by atoms with Crippen LogP contribution in [0.4, 0.5) is 13.2 Å². The molecule has 2 aliphatic heterocycles. The molecule has 2 aromatic rings. The van der Waals surface area contributed by atoms with Gasteiger partial charge in [-0.25, -0.2) is 0 Å². The highest BCUT2D eigenvalue weighted by Gasteiger charge is 2.48. The topological polar surface area (TPSA) is 83.7 Å². The monoisotopic (exact) mass is 547 g/mol. The van der Waals surface area contributed by atoms with Gasteiger partial charge in [-0.3, -0.25) is 14.5 Å². The highest BCUT2D eigenvalue weighted by molar-refractivity contribution is 6.33. The van der Waals surface area contributed by atoms with Gasteiger partial charge in [-0.05, 0) is 51.9 Å². The van der Waals surface area contributed by atoms with Gasteiger partial charge in [-0.2, -0.15) is 13.2 Å². The third-order valence-electron chi connectivity index (χ3n) is 6.67. The Kier molecular flexibility index (Phi) is 7.24. The van der Waals surface area contributed by atoms with E-state index < -0.39 is 30.0 Å². The molecule has 0 spiro atoms. The van der Waals surface area contributed by atoms with Crippen molar-refractivity contribution >= 4 is 29.1 Å². The largest absolute Gasteiger partial charge is 0.448 e. The molecule has 1 unspecified atom stereocenters. The molecule has 1 saturated heterocycles. The van der Waals surface area contributed by atoms with E-state index in [0.717, 1.165) is 0 Å². The van der Waals surface area contributed by atoms with Crippen LogP contribution in [-0.2, 0) is 6.54 Å². The van der Waals surface area contributed by atoms with Crippen LogP contribution in [0.15, 0.2) is 16.9 Å². The predicted molar refractivity (Wildman–Crippen MR) is 129 cm³/mol. The number of rotatable bonds is 5. The summed E-state index contributed by atoms with van der Waals surface area (Å²) in [5, 5.41) is 3.10. The van der Waals surface area contributed by atoms with Gasteiger partial charge >= 0.3 is 6.18 Å². The number of carbonyl (C=O) groups is 1. The molecule has 0 saturated carbocycles. The van der Waals surface area contributed by atoms with Crippen molar-refractivity contribution in [2.75, 3.05) is 19.6 Å². The summed E-state index contributed by atoms with van der Waals surface area (Å²) in [6.45, 7) is 4.63. The van der Waals surface area contributed by atoms with Gasteiger partial charge in [0.1, 0.15) is 0 Å². The van der Waals surface area contributed by atoms with Gasteiger partial charge in [0, 0.05) is 29.7 Å². The molecule has 0 radical (unpaired) electrons. The van der Waals surface area contributed by atoms with Gasteiger partial charge in [0.05, 0.1) is 28.7 Å². The number of alkyl halides is 3. The number of halogens is 5. The fourth-order valence-electron chi connectivity index (χ4n) is 4.72. The molecule has 0 aliphatic carbocycles. The third kappa shape index (κ3) is 5.45. The zero-order chi connectivity index (χ0) is 26.4. The lowest BCUT2D eigenvalue weighted by molar-refractivity contribution is -0.159. The Labute approximate surface area is 215 Å². The van der Waals surface area contributed by atoms with Crippen LogP contribution in [0.3, 0.4) is 0 Å². The Morgan fingerprint density at radius 3 is 2.42 bits per heavy atom. The molecule has 1 aromatic carbocycles. The van der Waals surface area contributed by atoms with E-state index in [0.29, 0.717) is 35.6 Å². The van der Waals surface area contributed by atoms with Crippen LogP contribution in [0.1, 0.15) is 46.9 Å². The number of piperidine rings is 1. The Balaban J connectivity index is 1.48. The van der Waals surface area contributed by atoms with E-state index in [2.05, 4.69) is 10.3 Å². The molecule has 1 aromatic heterocycles. The van der Waals surface area contributed by atoms with Crippen LogP contribution < -0.4 is 20.3 Å². The number of nitrogens with one attached hydrogen (secondary N) is 2. The van der Waals surface area contributed by atoms with E-state index in [-0.39, 0.29) is 46.7 Å². The molecule has 1 fully saturated rings. The molecule has 12 heteroatoms. The van der Waals surface area contributed by atoms with E-state index in [1.165, 1.54) is 11.0 Å². The second-order valence-electron chi connectivity index (χ2n) is 9.37. The average Bonchev–Trinajstić information content (AvgIpc) is 3.14. The molecule has 196 valence electrons. The SMILES string of the molecule is Cc1cc(Cl)c(CNC(=O)c2cc(Cl)c3c(c2C)OC(C)(C2CCN(CC(F)(F)F)CC2)O3)c(=O)[nH]1. The first kappa shape index (κ1) is 26.6. The van der Waals surface area contributed by atoms with Gasteiger partial charge in [0.25, 0.3) is 17.3 Å². The van der Waals surface area contributed by atoms with Crippen LogP contribution in [0.5, 0.6) is 11.5 Å². The summed E-state index contributed by atoms with van der Waals surface area (Å²) >= 11 is 12.6. The minimum absolute atomic E-state index is 0.0903. The van der Waals surface area contributed by atoms with E-state index in [4.69, 9.17) is 32.7 Å². The molecular formula is C24H26Cl2F3N3O4. The fraction of sp³-hybridized carbons (Fsp3) is 0.500. The first-order chi connectivity index (χ1) is 16.8. The number of carbonyl (C=O) groups excluding carboxylic acids is 1. The molecule has 0 bridgehead atoms. The number of likely N-dealkylation sites (tertiary alicyclic amines) is 1. The summed E-state index contributed by atoms with van der Waals surface area (Å²) in [4.78, 5) is 29.2. The summed E-state index contributed by atoms with van der Waals surface area (Å²) in [5.41, 5.74) is 1.18. The smallest absolute Gasteiger partial charge is 0.401 e. The summed E-state index contributed by atoms with van der Waals surface area (Å²) in [6, 6.07) is 3.06. The maximum Gasteiger partial charge on any atom is 0.401 e. The zero-order valence-corrected chi connectivity index (χ0v) is 21.5. The third-order valence-corrected chi connectivity index (χ3v) is 7.28. The van der Waals surface area contributed by atoms with Gasteiger partial charge < -0.3 is 19.8 Å². The molecule has 1 atom stereocenters. The zero-order valence-electron chi connectivity index (χ0n) is 19.9. The number of aryl methyl sites for hydroxylation is 1. The van der Waals surface area contributed by atoms with Crippen molar-refractivity contribution in [3.05, 3.63) is 54.9 Å². The molecule has 36 heavy (non-hydrogen) atoms. The van der Waals surface area contributed by atoms with Crippen LogP contribution in [-0.4, -0.2) is 47.4 Å². The van der Waals surface area contributed by atoms with E-state index in [1.807, 2.05) is 0 Å². The molecular weight excluding hydrogens is 522 g/mol. The number of amides is 1. The van der Waals surface area contributed by atoms with Crippen LogP contribution >= 0.6 is 23.2 Å². The van der Waals surface area contributed by atoms with Crippen LogP contribution in [0.2, 0.25) is 10.0 Å². The number of hydrogen-bond donors (Lipinski definition) is 2. The normalized spacial score (nSPS) is 20.6. The van der Waals surface area contributed by atoms with Crippen molar-refractivity contribution in [1.82, 2.24) is 15.2 Å². The molecule has 2 aliphatic rings. The lowest BCUT2D eigenvalue weighted by atomic mass is 9.89. The number of fused-ring (bicyclic) bond motifs is 1. The highest BCUT2D eigenvalue weighted by Crippen LogP contribution is 2.51. The Hall–Kier alpha value is -2.43. The maximum absolute atomic E-state index is 13.0. The van der Waals surface area contributed by atoms with Gasteiger partial charge in [0.15, 0.2) is 11.5 Å². The van der Waals surface area contributed by atoms with Crippen molar-refractivity contribution in [3.63, 3.8) is 0 Å². The number of aromatic nitrogens is 1. The van der Waals surface area contributed by atoms with E-state index >= 15 is 0 Å². The first-order valence-corrected chi connectivity index (χ1v) is 12.2. The van der Waals surface area contributed by atoms with Crippen molar-refractivity contribution in [2.45, 2.75) is 52.1 Å². The predicted octanol–water partition coefficient (Wildman–Crippen LogP) is 4.99. The standard InChI is InChI=1S/C24H26Cl2F3N3O4/c1-12-8-17(25)16(22(34)31-12)10-30-21(33)15-9-18(26)20-19(13(15)2)35-23(3,36-20)14-4-6-32(7-5-14)11-24(27,28)29/h8-9,14H,4-7,10-11H2,1-3H3,(H,30,33)(H,31,34). The fourth-order valence-corrected chi connectivity index (χ4v) is 5.27. The highest BCUT2D eigenvalue weighted by atomic mass is 35.5. The quantitative estimate of drug-likeness (QED) is 0.551. The lowest BCUT2D eigenvalue weighted by Crippen LogP contribution is -2.49. The van der Waals surface area contributed by atoms with Crippen molar-refractivity contribution in [1.29, 1.82) is 0 Å². The molecule has 3 heterocycles. The van der Waals surface area contributed by atoms with Crippen LogP contribution in [0.25, 0.3) is 0 Å². The molecule has 1 amide bonds. The van der Waals surface area contributed by atoms with Crippen molar-refractivity contribution < 1.29 is 27.4 Å². The Morgan fingerprint density at radius 2 is 1.81 bits per heavy atom. The lowest BCUT2D eigenvalue weighted by Gasteiger charge is -2.38. The number of pyridine rings is 1. The molecule has 7 nitrogen and oxygen atoms in total. The van der Waals surface area contributed by atoms with Gasteiger partial charge in [-0.15, -0.1) is 0 Å². The van der Waals surface area contributed by atoms with E-state index in [1.54, 1.807) is 26.8 Å². The van der Waals surface area contributed by atoms with Crippen molar-refractivity contribution in [2.24, 2.45) is 5.92 Å². The number of ether oxygens (including phenoxy) is 2. The maximum atomic E-state index is 13.0. The second-order valence-corrected chi connectivity index (χ2v) is 10.2. The number of benzene rings is 1. The Morgan fingerprint density at radius 1 is 1.17 bits per heavy atom. The Bertz CT molecular complexity index is 1240. The summed E-state index contributed by atoms with van der Waals surface area (Å²) in [6.07, 6.45) is -3.33. The minimum Gasteiger partial charge on any atom is -0.448 e. The second kappa shape index (κ2) is 9.79. The molecule has 4 rings (SSSR count). The van der Waals surface area contributed by atoms with Crippen molar-refractivity contribution in [3.8, 4) is 11.5 Å². The van der Waals surface area contributed by atoms with Gasteiger partial charge in [0.2, 0.25) is 0 Å². The van der Waals surface area contributed by atoms with Gasteiger partial charge in [-0.1, -0.05) is 23.2 Å². The molecule has 2 N–H and O–H groups in total. The minimum atomic E-state index is -4.24. The number of H-pyrrole nitrogens is 1. The number of nitrogens with zero attached hydrogens (tertiary/aromatic N) is 1. The first-order valence-electron chi connectivity index (χ1n) is 11.4. The number of hydrogen-bond acceptors (Lipinski definition) is 5.